The second kappa shape index (κ2) is 9.40. The van der Waals surface area contributed by atoms with Gasteiger partial charge in [0, 0.05) is 51.8 Å². The Balaban J connectivity index is 1.49. The Bertz CT molecular complexity index is 950. The lowest BCUT2D eigenvalue weighted by Crippen LogP contribution is -2.39. The number of methoxy groups -OCH3 is 1. The van der Waals surface area contributed by atoms with Crippen molar-refractivity contribution in [2.24, 2.45) is 0 Å². The maximum atomic E-state index is 14.7. The Morgan fingerprint density at radius 3 is 2.53 bits per heavy atom. The van der Waals surface area contributed by atoms with Crippen LogP contribution < -0.4 is 15.1 Å². The summed E-state index contributed by atoms with van der Waals surface area (Å²) in [6, 6.07) is 4.69. The number of aromatic nitrogens is 1. The van der Waals surface area contributed by atoms with Gasteiger partial charge in [0.2, 0.25) is 0 Å². The van der Waals surface area contributed by atoms with Crippen LogP contribution in [0.3, 0.4) is 0 Å². The molecule has 0 radical (unpaired) electrons. The van der Waals surface area contributed by atoms with E-state index < -0.39 is 17.6 Å². The number of hydrogen-bond acceptors (Lipinski definition) is 6. The van der Waals surface area contributed by atoms with Gasteiger partial charge >= 0.3 is 0 Å². The van der Waals surface area contributed by atoms with E-state index in [1.807, 2.05) is 4.90 Å². The first-order valence-electron chi connectivity index (χ1n) is 10.8. The number of halogens is 3. The van der Waals surface area contributed by atoms with Gasteiger partial charge in [0.05, 0.1) is 5.69 Å². The lowest BCUT2D eigenvalue weighted by atomic mass is 10.1. The number of nitrogens with zero attached hydrogens (tertiary/aromatic N) is 3. The molecule has 1 N–H and O–H groups in total. The summed E-state index contributed by atoms with van der Waals surface area (Å²) in [6.07, 6.45) is 2.60. The first kappa shape index (κ1) is 22.4. The van der Waals surface area contributed by atoms with E-state index in [-0.39, 0.29) is 50.0 Å². The molecule has 174 valence electrons. The maximum Gasteiger partial charge on any atom is 0.298 e. The lowest BCUT2D eigenvalue weighted by molar-refractivity contribution is -0.0227. The molecule has 7 nitrogen and oxygen atoms in total. The fraction of sp³-hybridized carbons (Fsp3) is 0.545. The fourth-order valence-electron chi connectivity index (χ4n) is 4.07. The topological polar surface area (TPSA) is 70.8 Å². The molecule has 0 unspecified atom stereocenters. The monoisotopic (exact) mass is 452 g/mol. The third kappa shape index (κ3) is 5.01. The zero-order chi connectivity index (χ0) is 22.7. The summed E-state index contributed by atoms with van der Waals surface area (Å²) in [5, 5.41) is 2.64. The van der Waals surface area contributed by atoms with Gasteiger partial charge in [-0.1, -0.05) is 0 Å². The zero-order valence-electron chi connectivity index (χ0n) is 18.0. The first-order chi connectivity index (χ1) is 15.4. The van der Waals surface area contributed by atoms with Crippen LogP contribution in [0.2, 0.25) is 0 Å². The number of oxazole rings is 1. The zero-order valence-corrected chi connectivity index (χ0v) is 18.0. The van der Waals surface area contributed by atoms with Crippen LogP contribution in [0.15, 0.2) is 22.6 Å². The summed E-state index contributed by atoms with van der Waals surface area (Å²) in [5.74, 6) is -3.51. The van der Waals surface area contributed by atoms with Crippen LogP contribution in [0.4, 0.5) is 30.6 Å². The van der Waals surface area contributed by atoms with Crippen molar-refractivity contribution in [3.05, 3.63) is 35.5 Å². The van der Waals surface area contributed by atoms with Crippen molar-refractivity contribution >= 4 is 23.3 Å². The number of rotatable bonds is 6. The van der Waals surface area contributed by atoms with Gasteiger partial charge in [-0.25, -0.2) is 13.2 Å². The molecule has 2 saturated heterocycles. The van der Waals surface area contributed by atoms with E-state index in [1.165, 1.54) is 13.2 Å². The Morgan fingerprint density at radius 1 is 1.16 bits per heavy atom. The molecule has 1 aromatic heterocycles. The number of hydrogen-bond donors (Lipinski definition) is 1. The van der Waals surface area contributed by atoms with Crippen LogP contribution in [0.5, 0.6) is 0 Å². The third-order valence-electron chi connectivity index (χ3n) is 5.84. The minimum atomic E-state index is -2.71. The molecule has 3 heterocycles. The standard InChI is InChI=1S/C22H27F3N4O3/c1-31-14-18-19(27-21(32-18)29-11-7-22(24,25)8-12-29)20(30)26-15-5-6-17(16(23)13-15)28-9-3-2-4-10-28/h5-6,13H,2-4,7-12,14H2,1H3,(H,26,30). The normalized spacial score (nSPS) is 18.6. The number of piperidine rings is 2. The Morgan fingerprint density at radius 2 is 1.88 bits per heavy atom. The van der Waals surface area contributed by atoms with Crippen molar-refractivity contribution < 1.29 is 27.1 Å². The van der Waals surface area contributed by atoms with Crippen molar-refractivity contribution in [2.75, 3.05) is 48.4 Å². The number of carbonyl (C=O) groups excluding carboxylic acids is 1. The highest BCUT2D eigenvalue weighted by Crippen LogP contribution is 2.31. The number of nitrogens with one attached hydrogen (secondary N) is 1. The summed E-state index contributed by atoms with van der Waals surface area (Å²) >= 11 is 0. The molecular formula is C22H27F3N4O3. The number of carbonyl (C=O) groups is 1. The van der Waals surface area contributed by atoms with Gasteiger partial charge < -0.3 is 24.3 Å². The Labute approximate surface area is 184 Å². The summed E-state index contributed by atoms with van der Waals surface area (Å²) in [7, 11) is 1.44. The van der Waals surface area contributed by atoms with Gasteiger partial charge in [-0.2, -0.15) is 4.98 Å². The van der Waals surface area contributed by atoms with Crippen LogP contribution in [-0.2, 0) is 11.3 Å². The number of anilines is 3. The number of ether oxygens (including phenoxy) is 1. The minimum Gasteiger partial charge on any atom is -0.425 e. The predicted molar refractivity (Wildman–Crippen MR) is 114 cm³/mol. The van der Waals surface area contributed by atoms with Crippen molar-refractivity contribution in [1.29, 1.82) is 0 Å². The average Bonchev–Trinajstić information content (AvgIpc) is 3.19. The molecule has 2 aliphatic rings. The van der Waals surface area contributed by atoms with E-state index in [0.717, 1.165) is 32.4 Å². The minimum absolute atomic E-state index is 0.0119. The van der Waals surface area contributed by atoms with Crippen LogP contribution in [0, 0.1) is 5.82 Å². The highest BCUT2D eigenvalue weighted by Gasteiger charge is 2.36. The average molecular weight is 452 g/mol. The molecule has 1 aromatic carbocycles. The number of benzene rings is 1. The van der Waals surface area contributed by atoms with Gasteiger partial charge in [-0.05, 0) is 37.5 Å². The van der Waals surface area contributed by atoms with Gasteiger partial charge in [0.1, 0.15) is 12.4 Å². The molecule has 0 bridgehead atoms. The van der Waals surface area contributed by atoms with Gasteiger partial charge in [0.15, 0.2) is 11.5 Å². The van der Waals surface area contributed by atoms with Crippen LogP contribution >= 0.6 is 0 Å². The summed E-state index contributed by atoms with van der Waals surface area (Å²) in [6.45, 7) is 1.76. The Kier molecular flexibility index (Phi) is 6.59. The van der Waals surface area contributed by atoms with Crippen LogP contribution in [-0.4, -0.2) is 50.1 Å². The van der Waals surface area contributed by atoms with Crippen molar-refractivity contribution in [2.45, 2.75) is 44.6 Å². The van der Waals surface area contributed by atoms with Gasteiger partial charge in [-0.3, -0.25) is 4.79 Å². The molecule has 2 aliphatic heterocycles. The maximum absolute atomic E-state index is 14.7. The molecule has 4 rings (SSSR count). The van der Waals surface area contributed by atoms with Gasteiger partial charge in [-0.15, -0.1) is 0 Å². The predicted octanol–water partition coefficient (Wildman–Crippen LogP) is 4.44. The number of amides is 1. The molecule has 32 heavy (non-hydrogen) atoms. The summed E-state index contributed by atoms with van der Waals surface area (Å²) in [4.78, 5) is 20.7. The molecule has 1 amide bonds. The molecule has 2 fully saturated rings. The molecule has 0 aliphatic carbocycles. The van der Waals surface area contributed by atoms with Crippen molar-refractivity contribution in [3.8, 4) is 0 Å². The van der Waals surface area contributed by atoms with Crippen LogP contribution in [0.1, 0.15) is 48.4 Å². The van der Waals surface area contributed by atoms with E-state index in [9.17, 15) is 18.0 Å². The quantitative estimate of drug-likeness (QED) is 0.699. The first-order valence-corrected chi connectivity index (χ1v) is 10.8. The summed E-state index contributed by atoms with van der Waals surface area (Å²) in [5.41, 5.74) is 0.798. The van der Waals surface area contributed by atoms with Crippen LogP contribution in [0.25, 0.3) is 0 Å². The molecule has 0 saturated carbocycles. The second-order valence-corrected chi connectivity index (χ2v) is 8.21. The van der Waals surface area contributed by atoms with E-state index >= 15 is 0 Å². The molecular weight excluding hydrogens is 425 g/mol. The SMILES string of the molecule is COCc1oc(N2CCC(F)(F)CC2)nc1C(=O)Nc1ccc(N2CCCCC2)c(F)c1. The molecule has 0 spiro atoms. The second-order valence-electron chi connectivity index (χ2n) is 8.21. The highest BCUT2D eigenvalue weighted by molar-refractivity contribution is 6.03. The Hall–Kier alpha value is -2.75. The van der Waals surface area contributed by atoms with E-state index in [2.05, 4.69) is 10.3 Å². The number of alkyl halides is 2. The van der Waals surface area contributed by atoms with E-state index in [1.54, 1.807) is 17.0 Å². The lowest BCUT2D eigenvalue weighted by Gasteiger charge is -2.30. The van der Waals surface area contributed by atoms with E-state index in [0.29, 0.717) is 11.4 Å². The largest absolute Gasteiger partial charge is 0.425 e. The van der Waals surface area contributed by atoms with Crippen molar-refractivity contribution in [1.82, 2.24) is 4.98 Å². The fourth-order valence-corrected chi connectivity index (χ4v) is 4.07. The molecule has 2 aromatic rings. The molecule has 10 heteroatoms. The smallest absolute Gasteiger partial charge is 0.298 e. The molecule has 0 atom stereocenters. The summed E-state index contributed by atoms with van der Waals surface area (Å²) < 4.78 is 52.3. The highest BCUT2D eigenvalue weighted by atomic mass is 19.3. The van der Waals surface area contributed by atoms with E-state index in [4.69, 9.17) is 9.15 Å². The van der Waals surface area contributed by atoms with Crippen molar-refractivity contribution in [3.63, 3.8) is 0 Å². The third-order valence-corrected chi connectivity index (χ3v) is 5.84. The van der Waals surface area contributed by atoms with Gasteiger partial charge in [0.25, 0.3) is 17.8 Å².